The van der Waals surface area contributed by atoms with E-state index in [1.807, 2.05) is 25.1 Å². The van der Waals surface area contributed by atoms with Crippen molar-refractivity contribution in [1.82, 2.24) is 15.0 Å². The Morgan fingerprint density at radius 1 is 1.11 bits per heavy atom. The van der Waals surface area contributed by atoms with Crippen molar-refractivity contribution in [3.63, 3.8) is 0 Å². The third kappa shape index (κ3) is 3.57. The average molecular weight is 413 g/mol. The quantitative estimate of drug-likeness (QED) is 0.332. The van der Waals surface area contributed by atoms with Gasteiger partial charge in [0.1, 0.15) is 6.33 Å². The lowest BCUT2D eigenvalue weighted by Crippen LogP contribution is -2.05. The number of anilines is 4. The Labute approximate surface area is 168 Å². The van der Waals surface area contributed by atoms with Crippen LogP contribution in [0.25, 0.3) is 10.2 Å². The fraction of sp³-hybridized carbons (Fsp3) is 0.0556. The third-order valence-electron chi connectivity index (χ3n) is 3.94. The Morgan fingerprint density at radius 3 is 2.57 bits per heavy atom. The van der Waals surface area contributed by atoms with Crippen LogP contribution in [-0.4, -0.2) is 19.9 Å². The molecule has 2 aromatic carbocycles. The van der Waals surface area contributed by atoms with E-state index in [4.69, 9.17) is 11.6 Å². The summed E-state index contributed by atoms with van der Waals surface area (Å²) >= 11 is 7.37. The van der Waals surface area contributed by atoms with Gasteiger partial charge >= 0.3 is 5.69 Å². The molecular weight excluding hydrogens is 400 g/mol. The second-order valence-electron chi connectivity index (χ2n) is 5.88. The normalized spacial score (nSPS) is 10.8. The molecule has 0 atom stereocenters. The van der Waals surface area contributed by atoms with Crippen LogP contribution >= 0.6 is 22.9 Å². The van der Waals surface area contributed by atoms with Gasteiger partial charge in [-0.25, -0.2) is 15.0 Å². The Morgan fingerprint density at radius 2 is 1.86 bits per heavy atom. The number of hydrogen-bond acceptors (Lipinski definition) is 8. The highest BCUT2D eigenvalue weighted by molar-refractivity contribution is 7.22. The molecule has 0 fully saturated rings. The minimum Gasteiger partial charge on any atom is -0.334 e. The second-order valence-corrected chi connectivity index (χ2v) is 7.34. The minimum absolute atomic E-state index is 0.0567. The standard InChI is InChI=1S/C18H13ClN6O2S/c1-10-4-2-7-13-14(10)23-18(28-13)24-17-15(25(26)27)16(20-9-21-17)22-12-6-3-5-11(19)8-12/h2-9H,1H3,(H2,20,21,22,23,24). The van der Waals surface area contributed by atoms with E-state index < -0.39 is 4.92 Å². The maximum Gasteiger partial charge on any atom is 0.353 e. The first-order valence-corrected chi connectivity index (χ1v) is 9.36. The van der Waals surface area contributed by atoms with Crippen LogP contribution in [0.3, 0.4) is 0 Å². The topological polar surface area (TPSA) is 106 Å². The van der Waals surface area contributed by atoms with Crippen molar-refractivity contribution >= 4 is 61.3 Å². The van der Waals surface area contributed by atoms with Gasteiger partial charge in [-0.15, -0.1) is 0 Å². The van der Waals surface area contributed by atoms with Gasteiger partial charge in [0.2, 0.25) is 11.6 Å². The highest BCUT2D eigenvalue weighted by Gasteiger charge is 2.24. The van der Waals surface area contributed by atoms with Crippen molar-refractivity contribution in [2.45, 2.75) is 6.92 Å². The van der Waals surface area contributed by atoms with Crippen molar-refractivity contribution in [2.24, 2.45) is 0 Å². The van der Waals surface area contributed by atoms with Gasteiger partial charge in [0.15, 0.2) is 5.13 Å². The second kappa shape index (κ2) is 7.37. The van der Waals surface area contributed by atoms with Crippen LogP contribution in [0.1, 0.15) is 5.56 Å². The summed E-state index contributed by atoms with van der Waals surface area (Å²) in [6.07, 6.45) is 1.25. The average Bonchev–Trinajstić information content (AvgIpc) is 3.05. The smallest absolute Gasteiger partial charge is 0.334 e. The molecule has 4 rings (SSSR count). The van der Waals surface area contributed by atoms with Crippen LogP contribution in [0.5, 0.6) is 0 Å². The van der Waals surface area contributed by atoms with E-state index in [0.29, 0.717) is 15.8 Å². The molecule has 8 nitrogen and oxygen atoms in total. The molecule has 0 amide bonds. The van der Waals surface area contributed by atoms with Gasteiger partial charge in [0.05, 0.1) is 15.1 Å². The Kier molecular flexibility index (Phi) is 4.76. The van der Waals surface area contributed by atoms with Gasteiger partial charge in [-0.1, -0.05) is 41.1 Å². The van der Waals surface area contributed by atoms with E-state index in [9.17, 15) is 10.1 Å². The van der Waals surface area contributed by atoms with E-state index in [1.54, 1.807) is 24.3 Å². The van der Waals surface area contributed by atoms with Crippen molar-refractivity contribution in [2.75, 3.05) is 10.6 Å². The number of fused-ring (bicyclic) bond motifs is 1. The van der Waals surface area contributed by atoms with Crippen LogP contribution < -0.4 is 10.6 Å². The number of rotatable bonds is 5. The molecule has 0 aliphatic carbocycles. The first-order valence-electron chi connectivity index (χ1n) is 8.16. The molecule has 0 aliphatic rings. The summed E-state index contributed by atoms with van der Waals surface area (Å²) in [5.41, 5.74) is 2.18. The Balaban J connectivity index is 1.72. The van der Waals surface area contributed by atoms with Gasteiger partial charge in [0.25, 0.3) is 0 Å². The molecule has 140 valence electrons. The number of nitro groups is 1. The number of aromatic nitrogens is 3. The maximum absolute atomic E-state index is 11.7. The fourth-order valence-electron chi connectivity index (χ4n) is 2.68. The van der Waals surface area contributed by atoms with E-state index in [0.717, 1.165) is 15.8 Å². The molecule has 28 heavy (non-hydrogen) atoms. The van der Waals surface area contributed by atoms with Crippen molar-refractivity contribution in [3.8, 4) is 0 Å². The van der Waals surface area contributed by atoms with Gasteiger partial charge in [-0.05, 0) is 36.8 Å². The number of thiazole rings is 1. The lowest BCUT2D eigenvalue weighted by molar-refractivity contribution is -0.383. The minimum atomic E-state index is -0.534. The molecular formula is C18H13ClN6O2S. The number of nitrogens with one attached hydrogen (secondary N) is 2. The largest absolute Gasteiger partial charge is 0.353 e. The molecule has 10 heteroatoms. The molecule has 0 saturated carbocycles. The van der Waals surface area contributed by atoms with Gasteiger partial charge < -0.3 is 10.6 Å². The number of hydrogen-bond donors (Lipinski definition) is 2. The van der Waals surface area contributed by atoms with Crippen LogP contribution in [0.15, 0.2) is 48.8 Å². The first-order chi connectivity index (χ1) is 13.5. The Hall–Kier alpha value is -3.30. The summed E-state index contributed by atoms with van der Waals surface area (Å²) in [7, 11) is 0. The fourth-order valence-corrected chi connectivity index (χ4v) is 3.81. The number of para-hydroxylation sites is 1. The molecule has 0 saturated heterocycles. The van der Waals surface area contributed by atoms with E-state index in [1.165, 1.54) is 17.7 Å². The lowest BCUT2D eigenvalue weighted by atomic mass is 10.2. The number of aryl methyl sites for hydroxylation is 1. The summed E-state index contributed by atoms with van der Waals surface area (Å²) in [5.74, 6) is 0.114. The SMILES string of the molecule is Cc1cccc2sc(Nc3ncnc(Nc4cccc(Cl)c4)c3[N+](=O)[O-])nc12. The zero-order valence-corrected chi connectivity index (χ0v) is 16.1. The summed E-state index contributed by atoms with van der Waals surface area (Å²) in [4.78, 5) is 23.8. The first kappa shape index (κ1) is 18.1. The van der Waals surface area contributed by atoms with Gasteiger partial charge in [-0.3, -0.25) is 10.1 Å². The third-order valence-corrected chi connectivity index (χ3v) is 5.11. The van der Waals surface area contributed by atoms with E-state index >= 15 is 0 Å². The molecule has 2 aromatic heterocycles. The summed E-state index contributed by atoms with van der Waals surface area (Å²) in [5, 5.41) is 18.6. The molecule has 0 bridgehead atoms. The van der Waals surface area contributed by atoms with Crippen LogP contribution in [0, 0.1) is 17.0 Å². The van der Waals surface area contributed by atoms with Gasteiger partial charge in [0, 0.05) is 10.7 Å². The molecule has 0 spiro atoms. The molecule has 2 N–H and O–H groups in total. The van der Waals surface area contributed by atoms with E-state index in [-0.39, 0.29) is 17.3 Å². The zero-order valence-electron chi connectivity index (χ0n) is 14.5. The maximum atomic E-state index is 11.7. The van der Waals surface area contributed by atoms with Crippen LogP contribution in [0.2, 0.25) is 5.02 Å². The zero-order chi connectivity index (χ0) is 19.7. The predicted octanol–water partition coefficient (Wildman–Crippen LogP) is 5.44. The van der Waals surface area contributed by atoms with Crippen molar-refractivity contribution in [1.29, 1.82) is 0 Å². The van der Waals surface area contributed by atoms with E-state index in [2.05, 4.69) is 25.6 Å². The lowest BCUT2D eigenvalue weighted by Gasteiger charge is -2.09. The van der Waals surface area contributed by atoms with Crippen LogP contribution in [-0.2, 0) is 0 Å². The molecule has 4 aromatic rings. The van der Waals surface area contributed by atoms with Crippen LogP contribution in [0.4, 0.5) is 28.1 Å². The molecule has 0 aliphatic heterocycles. The number of nitrogens with zero attached hydrogens (tertiary/aromatic N) is 4. The molecule has 2 heterocycles. The van der Waals surface area contributed by atoms with Crippen molar-refractivity contribution < 1.29 is 4.92 Å². The summed E-state index contributed by atoms with van der Waals surface area (Å²) in [6.45, 7) is 1.96. The highest BCUT2D eigenvalue weighted by atomic mass is 35.5. The number of halogens is 1. The highest BCUT2D eigenvalue weighted by Crippen LogP contribution is 2.35. The summed E-state index contributed by atoms with van der Waals surface area (Å²) in [6, 6.07) is 12.7. The summed E-state index contributed by atoms with van der Waals surface area (Å²) < 4.78 is 0.983. The molecule has 0 radical (unpaired) electrons. The van der Waals surface area contributed by atoms with Gasteiger partial charge in [-0.2, -0.15) is 0 Å². The Bertz CT molecular complexity index is 1200. The number of benzene rings is 2. The molecule has 0 unspecified atom stereocenters. The monoisotopic (exact) mass is 412 g/mol. The van der Waals surface area contributed by atoms with Crippen molar-refractivity contribution in [3.05, 3.63) is 69.5 Å². The predicted molar refractivity (Wildman–Crippen MR) is 111 cm³/mol.